The molecule has 2 aromatic rings. The van der Waals surface area contributed by atoms with Crippen LogP contribution in [-0.2, 0) is 0 Å². The van der Waals surface area contributed by atoms with Gasteiger partial charge in [-0.2, -0.15) is 0 Å². The Morgan fingerprint density at radius 3 is 2.66 bits per heavy atom. The van der Waals surface area contributed by atoms with Gasteiger partial charge in [0.25, 0.3) is 5.91 Å². The summed E-state index contributed by atoms with van der Waals surface area (Å²) in [5.41, 5.74) is 7.73. The number of likely N-dealkylation sites (tertiary alicyclic amines) is 1. The fourth-order valence-electron chi connectivity index (χ4n) is 3.58. The molecule has 1 aliphatic heterocycles. The highest BCUT2D eigenvalue weighted by Gasteiger charge is 2.23. The van der Waals surface area contributed by atoms with E-state index in [1.54, 1.807) is 29.4 Å². The van der Waals surface area contributed by atoms with Crippen LogP contribution in [0.4, 0.5) is 5.69 Å². The van der Waals surface area contributed by atoms with Crippen molar-refractivity contribution in [2.24, 2.45) is 15.7 Å². The van der Waals surface area contributed by atoms with Crippen molar-refractivity contribution in [1.29, 1.82) is 0 Å². The van der Waals surface area contributed by atoms with Gasteiger partial charge in [0, 0.05) is 13.1 Å². The molecule has 0 bridgehead atoms. The average molecular weight is 458 g/mol. The second kappa shape index (κ2) is 10.6. The fraction of sp³-hybridized carbons (Fsp3) is 0.435. The van der Waals surface area contributed by atoms with E-state index in [0.717, 1.165) is 24.2 Å². The molecule has 1 aliphatic rings. The summed E-state index contributed by atoms with van der Waals surface area (Å²) in [6.07, 6.45) is 4.35. The first-order valence-electron chi connectivity index (χ1n) is 10.9. The van der Waals surface area contributed by atoms with Crippen LogP contribution in [0.2, 0.25) is 0 Å². The lowest BCUT2D eigenvalue weighted by molar-refractivity contribution is 0.0790. The van der Waals surface area contributed by atoms with Gasteiger partial charge in [-0.1, -0.05) is 39.7 Å². The molecule has 0 radical (unpaired) electrons. The predicted molar refractivity (Wildman–Crippen MR) is 130 cm³/mol. The van der Waals surface area contributed by atoms with Crippen molar-refractivity contribution in [2.75, 3.05) is 13.1 Å². The molecule has 1 fully saturated rings. The first kappa shape index (κ1) is 23.7. The second-order valence-electron chi connectivity index (χ2n) is 8.12. The molecule has 0 saturated carbocycles. The number of para-hydroxylation sites is 1. The number of rotatable bonds is 6. The molecule has 9 heteroatoms. The molecular weight excluding hydrogens is 426 g/mol. The number of hydrogen-bond acceptors (Lipinski definition) is 6. The summed E-state index contributed by atoms with van der Waals surface area (Å²) in [5, 5.41) is 10.7. The number of amidine groups is 2. The zero-order valence-corrected chi connectivity index (χ0v) is 19.6. The van der Waals surface area contributed by atoms with Crippen molar-refractivity contribution in [3.05, 3.63) is 47.4 Å². The van der Waals surface area contributed by atoms with Gasteiger partial charge in [0.2, 0.25) is 0 Å². The van der Waals surface area contributed by atoms with Gasteiger partial charge in [-0.15, -0.1) is 0 Å². The van der Waals surface area contributed by atoms with Gasteiger partial charge >= 0.3 is 0 Å². The number of thiol groups is 1. The van der Waals surface area contributed by atoms with Crippen LogP contribution in [-0.4, -0.2) is 40.7 Å². The number of furan rings is 1. The normalized spacial score (nSPS) is 16.0. The molecule has 1 atom stereocenters. The van der Waals surface area contributed by atoms with Gasteiger partial charge < -0.3 is 24.9 Å². The van der Waals surface area contributed by atoms with Gasteiger partial charge in [-0.05, 0) is 48.9 Å². The van der Waals surface area contributed by atoms with Crippen molar-refractivity contribution in [3.8, 4) is 5.75 Å². The topological polar surface area (TPSA) is 116 Å². The highest BCUT2D eigenvalue weighted by molar-refractivity contribution is 7.78. The molecule has 172 valence electrons. The van der Waals surface area contributed by atoms with E-state index >= 15 is 0 Å². The molecule has 1 aromatic heterocycles. The molecule has 0 unspecified atom stereocenters. The van der Waals surface area contributed by atoms with Crippen LogP contribution in [0.15, 0.2) is 44.9 Å². The standard InChI is InChI=1S/C23H31N5O3S/c1-4-17(19-12-15(13-31-19)14(2)3)25-21(24)22(27-32)26-18-9-7-8-16(20(18)29)23(30)28-10-5-6-11-28/h7-9,12-14,17,29,32H,4-6,10-11H2,1-3H3,(H2,24,25)(H,26,27)/t17-/m1/s1. The monoisotopic (exact) mass is 457 g/mol. The summed E-state index contributed by atoms with van der Waals surface area (Å²) < 4.78 is 8.33. The molecule has 8 nitrogen and oxygen atoms in total. The number of hydrogen-bond donors (Lipinski definition) is 4. The molecule has 0 spiro atoms. The predicted octanol–water partition coefficient (Wildman–Crippen LogP) is 4.32. The lowest BCUT2D eigenvalue weighted by Crippen LogP contribution is -2.32. The van der Waals surface area contributed by atoms with E-state index in [-0.39, 0.29) is 40.6 Å². The van der Waals surface area contributed by atoms with Crippen molar-refractivity contribution in [2.45, 2.75) is 52.0 Å². The van der Waals surface area contributed by atoms with E-state index in [1.165, 1.54) is 0 Å². The molecule has 4 N–H and O–H groups in total. The summed E-state index contributed by atoms with van der Waals surface area (Å²) in [6, 6.07) is 6.58. The quantitative estimate of drug-likeness (QED) is 0.293. The van der Waals surface area contributed by atoms with E-state index in [0.29, 0.717) is 25.4 Å². The Bertz CT molecular complexity index is 1010. The lowest BCUT2D eigenvalue weighted by Gasteiger charge is -2.16. The molecule has 1 amide bonds. The molecule has 3 rings (SSSR count). The number of nitrogens with zero attached hydrogens (tertiary/aromatic N) is 3. The fourth-order valence-corrected chi connectivity index (χ4v) is 3.74. The number of phenols is 1. The maximum Gasteiger partial charge on any atom is 0.257 e. The third kappa shape index (κ3) is 5.27. The average Bonchev–Trinajstić information content (AvgIpc) is 3.48. The molecule has 2 heterocycles. The molecule has 1 saturated heterocycles. The van der Waals surface area contributed by atoms with Crippen LogP contribution in [0.3, 0.4) is 0 Å². The largest absolute Gasteiger partial charge is 0.505 e. The zero-order chi connectivity index (χ0) is 23.3. The summed E-state index contributed by atoms with van der Waals surface area (Å²) in [5.74, 6) is 0.954. The second-order valence-corrected chi connectivity index (χ2v) is 8.34. The number of carbonyl (C=O) groups is 1. The Balaban J connectivity index is 1.88. The first-order valence-corrected chi connectivity index (χ1v) is 11.3. The number of nitrogens with one attached hydrogen (secondary N) is 1. The summed E-state index contributed by atoms with van der Waals surface area (Å²) in [6.45, 7) is 7.57. The van der Waals surface area contributed by atoms with Crippen molar-refractivity contribution >= 4 is 36.1 Å². The third-order valence-electron chi connectivity index (χ3n) is 5.54. The smallest absolute Gasteiger partial charge is 0.257 e. The third-order valence-corrected chi connectivity index (χ3v) is 5.75. The zero-order valence-electron chi connectivity index (χ0n) is 18.7. The molecule has 1 aromatic carbocycles. The molecular formula is C23H31N5O3S. The van der Waals surface area contributed by atoms with Crippen LogP contribution in [0.5, 0.6) is 5.75 Å². The van der Waals surface area contributed by atoms with Crippen LogP contribution >= 0.6 is 12.8 Å². The van der Waals surface area contributed by atoms with Crippen LogP contribution in [0, 0.1) is 0 Å². The van der Waals surface area contributed by atoms with Crippen LogP contribution < -0.4 is 10.5 Å². The SMILES string of the molecule is CC[C@@H](N=C(N)C(=Nc1cccc(C(=O)N2CCCC2)c1O)NS)c1cc(C(C)C)co1. The summed E-state index contributed by atoms with van der Waals surface area (Å²) >= 11 is 4.11. The Kier molecular flexibility index (Phi) is 7.84. The number of aliphatic imine (C=N–C) groups is 2. The van der Waals surface area contributed by atoms with E-state index in [2.05, 4.69) is 41.4 Å². The maximum absolute atomic E-state index is 12.7. The minimum absolute atomic E-state index is 0.116. The van der Waals surface area contributed by atoms with Gasteiger partial charge in [0.1, 0.15) is 17.5 Å². The van der Waals surface area contributed by atoms with E-state index < -0.39 is 0 Å². The Morgan fingerprint density at radius 2 is 2.06 bits per heavy atom. The number of phenolic OH excluding ortho intramolecular Hbond substituents is 1. The van der Waals surface area contributed by atoms with Crippen molar-refractivity contribution < 1.29 is 14.3 Å². The number of aromatic hydroxyl groups is 1. The maximum atomic E-state index is 12.7. The minimum Gasteiger partial charge on any atom is -0.505 e. The lowest BCUT2D eigenvalue weighted by atomic mass is 10.1. The Morgan fingerprint density at radius 1 is 1.34 bits per heavy atom. The number of carbonyl (C=O) groups excluding carboxylic acids is 1. The molecule has 32 heavy (non-hydrogen) atoms. The minimum atomic E-state index is -0.286. The van der Waals surface area contributed by atoms with E-state index in [4.69, 9.17) is 10.2 Å². The molecule has 0 aliphatic carbocycles. The number of benzene rings is 1. The summed E-state index contributed by atoms with van der Waals surface area (Å²) in [7, 11) is 0. The Hall–Kier alpha value is -2.94. The Labute approximate surface area is 194 Å². The van der Waals surface area contributed by atoms with Crippen molar-refractivity contribution in [1.82, 2.24) is 9.62 Å². The van der Waals surface area contributed by atoms with Crippen LogP contribution in [0.1, 0.15) is 73.7 Å². The highest BCUT2D eigenvalue weighted by atomic mass is 32.1. The van der Waals surface area contributed by atoms with E-state index in [9.17, 15) is 9.90 Å². The van der Waals surface area contributed by atoms with Gasteiger partial charge in [-0.3, -0.25) is 9.79 Å². The summed E-state index contributed by atoms with van der Waals surface area (Å²) in [4.78, 5) is 23.4. The van der Waals surface area contributed by atoms with Gasteiger partial charge in [0.05, 0.1) is 11.8 Å². The number of nitrogens with two attached hydrogens (primary N) is 1. The van der Waals surface area contributed by atoms with Gasteiger partial charge in [-0.25, -0.2) is 4.99 Å². The number of amides is 1. The van der Waals surface area contributed by atoms with Crippen LogP contribution in [0.25, 0.3) is 0 Å². The highest BCUT2D eigenvalue weighted by Crippen LogP contribution is 2.32. The van der Waals surface area contributed by atoms with E-state index in [1.807, 2.05) is 13.0 Å². The van der Waals surface area contributed by atoms with Crippen molar-refractivity contribution in [3.63, 3.8) is 0 Å². The first-order chi connectivity index (χ1) is 15.3. The van der Waals surface area contributed by atoms with Gasteiger partial charge in [0.15, 0.2) is 17.4 Å².